The van der Waals surface area contributed by atoms with Crippen molar-refractivity contribution in [2.75, 3.05) is 7.05 Å². The Kier molecular flexibility index (Phi) is 8.50. The molecule has 0 amide bonds. The summed E-state index contributed by atoms with van der Waals surface area (Å²) in [5, 5.41) is 7.15. The molecule has 132 valence electrons. The minimum absolute atomic E-state index is 0. The van der Waals surface area contributed by atoms with Crippen LogP contribution in [0.5, 0.6) is 5.75 Å². The lowest BCUT2D eigenvalue weighted by molar-refractivity contribution is 0.217. The molecule has 1 aromatic carbocycles. The van der Waals surface area contributed by atoms with Gasteiger partial charge in [0.05, 0.1) is 6.10 Å². The quantitative estimate of drug-likeness (QED) is 0.779. The molecule has 2 rings (SSSR count). The van der Waals surface area contributed by atoms with Crippen LogP contribution in [0.2, 0.25) is 0 Å². The van der Waals surface area contributed by atoms with Gasteiger partial charge in [0.1, 0.15) is 5.75 Å². The van der Waals surface area contributed by atoms with E-state index >= 15 is 0 Å². The SMILES string of the molecule is CCC(C)Oc1ccccc1/C=C/c1nc(CC(C)NC)no1.Cl. The summed E-state index contributed by atoms with van der Waals surface area (Å²) < 4.78 is 11.2. The maximum absolute atomic E-state index is 5.93. The van der Waals surface area contributed by atoms with E-state index in [0.29, 0.717) is 17.8 Å². The van der Waals surface area contributed by atoms with Gasteiger partial charge in [-0.05, 0) is 39.5 Å². The molecule has 0 saturated carbocycles. The Morgan fingerprint density at radius 2 is 2.00 bits per heavy atom. The third-order valence-corrected chi connectivity index (χ3v) is 3.69. The zero-order valence-corrected chi connectivity index (χ0v) is 15.5. The Morgan fingerprint density at radius 3 is 2.71 bits per heavy atom. The van der Waals surface area contributed by atoms with Gasteiger partial charge in [-0.3, -0.25) is 0 Å². The standard InChI is InChI=1S/C18H25N3O2.ClH/c1-5-14(3)22-16-9-7-6-8-15(16)10-11-18-20-17(21-23-18)12-13(2)19-4;/h6-11,13-14,19H,5,12H2,1-4H3;1H/b11-10+;. The van der Waals surface area contributed by atoms with Crippen molar-refractivity contribution < 1.29 is 9.26 Å². The lowest BCUT2D eigenvalue weighted by Gasteiger charge is -2.14. The number of hydrogen-bond donors (Lipinski definition) is 1. The highest BCUT2D eigenvalue weighted by Gasteiger charge is 2.08. The van der Waals surface area contributed by atoms with Crippen molar-refractivity contribution in [1.82, 2.24) is 15.5 Å². The molecule has 1 N–H and O–H groups in total. The highest BCUT2D eigenvalue weighted by molar-refractivity contribution is 5.85. The minimum Gasteiger partial charge on any atom is -0.490 e. The molecule has 0 aliphatic rings. The zero-order valence-electron chi connectivity index (χ0n) is 14.7. The van der Waals surface area contributed by atoms with Gasteiger partial charge in [0.2, 0.25) is 0 Å². The largest absolute Gasteiger partial charge is 0.490 e. The third-order valence-electron chi connectivity index (χ3n) is 3.69. The van der Waals surface area contributed by atoms with E-state index in [9.17, 15) is 0 Å². The summed E-state index contributed by atoms with van der Waals surface area (Å²) in [4.78, 5) is 4.37. The normalized spacial score (nSPS) is 13.5. The second kappa shape index (κ2) is 10.1. The molecular formula is C18H26ClN3O2. The second-order valence-electron chi connectivity index (χ2n) is 5.65. The van der Waals surface area contributed by atoms with Gasteiger partial charge in [-0.2, -0.15) is 4.98 Å². The topological polar surface area (TPSA) is 60.2 Å². The lowest BCUT2D eigenvalue weighted by Crippen LogP contribution is -2.24. The van der Waals surface area contributed by atoms with E-state index in [0.717, 1.165) is 24.2 Å². The number of rotatable bonds is 8. The van der Waals surface area contributed by atoms with Crippen molar-refractivity contribution in [3.63, 3.8) is 0 Å². The van der Waals surface area contributed by atoms with Crippen LogP contribution in [0.1, 0.15) is 44.5 Å². The van der Waals surface area contributed by atoms with E-state index in [1.807, 2.05) is 43.5 Å². The fourth-order valence-electron chi connectivity index (χ4n) is 1.98. The molecule has 6 heteroatoms. The zero-order chi connectivity index (χ0) is 16.7. The molecule has 5 nitrogen and oxygen atoms in total. The number of aromatic nitrogens is 2. The molecule has 2 aromatic rings. The summed E-state index contributed by atoms with van der Waals surface area (Å²) >= 11 is 0. The Morgan fingerprint density at radius 1 is 1.25 bits per heavy atom. The van der Waals surface area contributed by atoms with Gasteiger partial charge in [-0.25, -0.2) is 0 Å². The van der Waals surface area contributed by atoms with Crippen LogP contribution < -0.4 is 10.1 Å². The molecule has 0 aliphatic carbocycles. The van der Waals surface area contributed by atoms with Crippen molar-refractivity contribution in [2.45, 2.75) is 45.8 Å². The van der Waals surface area contributed by atoms with Crippen molar-refractivity contribution >= 4 is 24.6 Å². The molecule has 2 unspecified atom stereocenters. The summed E-state index contributed by atoms with van der Waals surface area (Å²) in [5.74, 6) is 2.07. The summed E-state index contributed by atoms with van der Waals surface area (Å²) in [6, 6.07) is 8.25. The van der Waals surface area contributed by atoms with Crippen molar-refractivity contribution in [1.29, 1.82) is 0 Å². The summed E-state index contributed by atoms with van der Waals surface area (Å²) in [7, 11) is 1.92. The van der Waals surface area contributed by atoms with Crippen molar-refractivity contribution in [3.8, 4) is 5.75 Å². The fraction of sp³-hybridized carbons (Fsp3) is 0.444. The maximum Gasteiger partial charge on any atom is 0.250 e. The Bertz CT molecular complexity index is 643. The van der Waals surface area contributed by atoms with Crippen LogP contribution in [0.4, 0.5) is 0 Å². The molecule has 0 radical (unpaired) electrons. The maximum atomic E-state index is 5.93. The third kappa shape index (κ3) is 5.98. The predicted octanol–water partition coefficient (Wildman–Crippen LogP) is 3.99. The lowest BCUT2D eigenvalue weighted by atomic mass is 10.2. The van der Waals surface area contributed by atoms with Crippen LogP contribution in [-0.2, 0) is 6.42 Å². The Hall–Kier alpha value is -1.85. The predicted molar refractivity (Wildman–Crippen MR) is 99.5 cm³/mol. The highest BCUT2D eigenvalue weighted by Crippen LogP contribution is 2.22. The average Bonchev–Trinajstić information content (AvgIpc) is 3.01. The Balaban J connectivity index is 0.00000288. The molecule has 2 atom stereocenters. The van der Waals surface area contributed by atoms with E-state index < -0.39 is 0 Å². The molecule has 24 heavy (non-hydrogen) atoms. The molecule has 0 fully saturated rings. The number of ether oxygens (including phenoxy) is 1. The van der Waals surface area contributed by atoms with Crippen LogP contribution in [0.25, 0.3) is 12.2 Å². The summed E-state index contributed by atoms with van der Waals surface area (Å²) in [6.07, 6.45) is 5.65. The molecule has 0 spiro atoms. The van der Waals surface area contributed by atoms with Gasteiger partial charge in [0.15, 0.2) is 5.82 Å². The van der Waals surface area contributed by atoms with E-state index in [1.54, 1.807) is 0 Å². The number of nitrogens with one attached hydrogen (secondary N) is 1. The van der Waals surface area contributed by atoms with Crippen LogP contribution in [0.15, 0.2) is 28.8 Å². The first-order valence-electron chi connectivity index (χ1n) is 8.06. The molecule has 0 saturated heterocycles. The van der Waals surface area contributed by atoms with Crippen LogP contribution in [-0.4, -0.2) is 29.3 Å². The van der Waals surface area contributed by atoms with Gasteiger partial charge in [0, 0.05) is 24.1 Å². The molecule has 1 heterocycles. The van der Waals surface area contributed by atoms with E-state index in [4.69, 9.17) is 9.26 Å². The van der Waals surface area contributed by atoms with Gasteiger partial charge < -0.3 is 14.6 Å². The van der Waals surface area contributed by atoms with Crippen molar-refractivity contribution in [3.05, 3.63) is 41.5 Å². The first-order chi connectivity index (χ1) is 11.1. The van der Waals surface area contributed by atoms with Gasteiger partial charge in [-0.15, -0.1) is 12.4 Å². The van der Waals surface area contributed by atoms with Gasteiger partial charge >= 0.3 is 0 Å². The number of hydrogen-bond acceptors (Lipinski definition) is 5. The number of halogens is 1. The molecule has 0 aliphatic heterocycles. The number of nitrogens with zero attached hydrogens (tertiary/aromatic N) is 2. The number of para-hydroxylation sites is 1. The van der Waals surface area contributed by atoms with Crippen LogP contribution >= 0.6 is 12.4 Å². The average molecular weight is 352 g/mol. The highest BCUT2D eigenvalue weighted by atomic mass is 35.5. The summed E-state index contributed by atoms with van der Waals surface area (Å²) in [5.41, 5.74) is 0.996. The van der Waals surface area contributed by atoms with Crippen molar-refractivity contribution in [2.24, 2.45) is 0 Å². The number of benzene rings is 1. The smallest absolute Gasteiger partial charge is 0.250 e. The van der Waals surface area contributed by atoms with Crippen LogP contribution in [0, 0.1) is 0 Å². The minimum atomic E-state index is 0. The summed E-state index contributed by atoms with van der Waals surface area (Å²) in [6.45, 7) is 6.25. The fourth-order valence-corrected chi connectivity index (χ4v) is 1.98. The van der Waals surface area contributed by atoms with E-state index in [1.165, 1.54) is 0 Å². The van der Waals surface area contributed by atoms with Gasteiger partial charge in [-0.1, -0.05) is 30.3 Å². The van der Waals surface area contributed by atoms with E-state index in [-0.39, 0.29) is 18.5 Å². The Labute approximate surface area is 149 Å². The monoisotopic (exact) mass is 351 g/mol. The van der Waals surface area contributed by atoms with Crippen LogP contribution in [0.3, 0.4) is 0 Å². The first-order valence-corrected chi connectivity index (χ1v) is 8.06. The first kappa shape index (κ1) is 20.2. The van der Waals surface area contributed by atoms with E-state index in [2.05, 4.69) is 36.2 Å². The second-order valence-corrected chi connectivity index (χ2v) is 5.65. The molecule has 1 aromatic heterocycles. The number of likely N-dealkylation sites (N-methyl/N-ethyl adjacent to an activating group) is 1. The molecule has 0 bridgehead atoms. The molecular weight excluding hydrogens is 326 g/mol. The van der Waals surface area contributed by atoms with Gasteiger partial charge in [0.25, 0.3) is 5.89 Å².